The Kier molecular flexibility index (Phi) is 7.42. The molecule has 2 rings (SSSR count). The van der Waals surface area contributed by atoms with Gasteiger partial charge in [0.2, 0.25) is 0 Å². The van der Waals surface area contributed by atoms with Crippen LogP contribution in [0.3, 0.4) is 0 Å². The van der Waals surface area contributed by atoms with Gasteiger partial charge in [-0.15, -0.1) is 0 Å². The first-order chi connectivity index (χ1) is 13.0. The van der Waals surface area contributed by atoms with Crippen molar-refractivity contribution in [3.63, 3.8) is 0 Å². The molecule has 28 heavy (non-hydrogen) atoms. The van der Waals surface area contributed by atoms with E-state index in [1.807, 2.05) is 19.9 Å². The molecule has 0 heterocycles. The molecule has 0 radical (unpaired) electrons. The summed E-state index contributed by atoms with van der Waals surface area (Å²) in [4.78, 5) is 10.7. The van der Waals surface area contributed by atoms with Gasteiger partial charge in [-0.05, 0) is 57.3 Å². The van der Waals surface area contributed by atoms with Gasteiger partial charge in [-0.3, -0.25) is 4.55 Å². The summed E-state index contributed by atoms with van der Waals surface area (Å²) in [6.07, 6.45) is 11.5. The standard InChI is InChI=1S/C21H30O6S/c1-5-13(2)20-14(3)12-16-10-11-18(27-28(24,25)26)15(4)21(16)17(20)8-6-7-9-19(22)23/h5-9,12,15-18,20-21H,10-11H2,1-4H3,(H,22,23)(H,24,25,26)/b8-6+,9-7+,13-5+/t15-,16-,17+,18-,20+,21-/m1/s1. The minimum atomic E-state index is -4.51. The lowest BCUT2D eigenvalue weighted by atomic mass is 9.57. The summed E-state index contributed by atoms with van der Waals surface area (Å²) < 4.78 is 36.6. The van der Waals surface area contributed by atoms with Crippen molar-refractivity contribution in [1.29, 1.82) is 0 Å². The molecule has 0 spiro atoms. The number of carboxylic acid groups (broad SMARTS) is 1. The van der Waals surface area contributed by atoms with Crippen LogP contribution in [0.4, 0.5) is 0 Å². The third kappa shape index (κ3) is 5.43. The van der Waals surface area contributed by atoms with Crippen molar-refractivity contribution >= 4 is 16.4 Å². The summed E-state index contributed by atoms with van der Waals surface area (Å²) >= 11 is 0. The monoisotopic (exact) mass is 410 g/mol. The normalized spacial score (nSPS) is 34.5. The highest BCUT2D eigenvalue weighted by Crippen LogP contribution is 2.51. The lowest BCUT2D eigenvalue weighted by Gasteiger charge is -2.49. The molecule has 1 fully saturated rings. The Morgan fingerprint density at radius 2 is 1.96 bits per heavy atom. The van der Waals surface area contributed by atoms with Crippen LogP contribution in [0.1, 0.15) is 40.5 Å². The van der Waals surface area contributed by atoms with Gasteiger partial charge in [-0.1, -0.05) is 48.5 Å². The Hall–Kier alpha value is -1.70. The van der Waals surface area contributed by atoms with Gasteiger partial charge >= 0.3 is 16.4 Å². The zero-order chi connectivity index (χ0) is 21.1. The summed E-state index contributed by atoms with van der Waals surface area (Å²) in [5, 5.41) is 8.81. The summed E-state index contributed by atoms with van der Waals surface area (Å²) in [5.41, 5.74) is 2.49. The van der Waals surface area contributed by atoms with Crippen molar-refractivity contribution in [2.45, 2.75) is 46.6 Å². The average Bonchev–Trinajstić information content (AvgIpc) is 2.59. The van der Waals surface area contributed by atoms with Gasteiger partial charge < -0.3 is 5.11 Å². The van der Waals surface area contributed by atoms with Gasteiger partial charge in [-0.25, -0.2) is 8.98 Å². The van der Waals surface area contributed by atoms with E-state index < -0.39 is 22.5 Å². The molecule has 0 saturated heterocycles. The average molecular weight is 411 g/mol. The van der Waals surface area contributed by atoms with Gasteiger partial charge in [-0.2, -0.15) is 8.42 Å². The van der Waals surface area contributed by atoms with Crippen LogP contribution in [-0.2, 0) is 19.4 Å². The molecule has 7 heteroatoms. The van der Waals surface area contributed by atoms with E-state index in [9.17, 15) is 13.2 Å². The quantitative estimate of drug-likeness (QED) is 0.295. The van der Waals surface area contributed by atoms with Crippen LogP contribution >= 0.6 is 0 Å². The summed E-state index contributed by atoms with van der Waals surface area (Å²) in [7, 11) is -4.51. The second-order valence-corrected chi connectivity index (χ2v) is 8.87. The largest absolute Gasteiger partial charge is 0.478 e. The molecule has 2 aliphatic carbocycles. The first-order valence-electron chi connectivity index (χ1n) is 9.59. The highest BCUT2D eigenvalue weighted by molar-refractivity contribution is 7.80. The Morgan fingerprint density at radius 1 is 1.29 bits per heavy atom. The maximum atomic E-state index is 11.3. The molecular weight excluding hydrogens is 380 g/mol. The molecule has 0 aliphatic heterocycles. The summed E-state index contributed by atoms with van der Waals surface area (Å²) in [6, 6.07) is 0. The van der Waals surface area contributed by atoms with E-state index >= 15 is 0 Å². The number of aliphatic carboxylic acids is 1. The van der Waals surface area contributed by atoms with E-state index in [4.69, 9.17) is 13.8 Å². The second-order valence-electron chi connectivity index (χ2n) is 7.82. The van der Waals surface area contributed by atoms with Crippen molar-refractivity contribution in [1.82, 2.24) is 0 Å². The third-order valence-electron chi connectivity index (χ3n) is 6.14. The predicted octanol–water partition coefficient (Wildman–Crippen LogP) is 4.19. The van der Waals surface area contributed by atoms with Crippen molar-refractivity contribution in [3.8, 4) is 0 Å². The smallest absolute Gasteiger partial charge is 0.397 e. The summed E-state index contributed by atoms with van der Waals surface area (Å²) in [6.45, 7) is 8.16. The Bertz CT molecular complexity index is 805. The molecule has 0 aromatic rings. The molecule has 0 bridgehead atoms. The van der Waals surface area contributed by atoms with Crippen LogP contribution in [0.15, 0.2) is 47.6 Å². The molecule has 0 amide bonds. The maximum absolute atomic E-state index is 11.3. The number of rotatable bonds is 6. The number of fused-ring (bicyclic) bond motifs is 1. The first kappa shape index (κ1) is 22.6. The number of hydrogen-bond donors (Lipinski definition) is 2. The molecule has 2 aliphatic rings. The van der Waals surface area contributed by atoms with Crippen LogP contribution in [0.2, 0.25) is 0 Å². The van der Waals surface area contributed by atoms with Crippen molar-refractivity contribution < 1.29 is 27.1 Å². The van der Waals surface area contributed by atoms with Crippen LogP contribution in [-0.4, -0.2) is 30.2 Å². The fraction of sp³-hybridized carbons (Fsp3) is 0.571. The van der Waals surface area contributed by atoms with Gasteiger partial charge in [0.05, 0.1) is 6.10 Å². The van der Waals surface area contributed by atoms with Crippen molar-refractivity contribution in [2.24, 2.45) is 29.6 Å². The highest BCUT2D eigenvalue weighted by atomic mass is 32.3. The fourth-order valence-electron chi connectivity index (χ4n) is 4.95. The molecule has 0 aromatic carbocycles. The molecule has 6 nitrogen and oxygen atoms in total. The zero-order valence-electron chi connectivity index (χ0n) is 16.8. The minimum absolute atomic E-state index is 0.0763. The number of carbonyl (C=O) groups is 1. The van der Waals surface area contributed by atoms with E-state index in [-0.39, 0.29) is 29.6 Å². The first-order valence-corrected chi connectivity index (χ1v) is 11.0. The number of allylic oxidation sites excluding steroid dienone is 7. The van der Waals surface area contributed by atoms with Gasteiger partial charge in [0.25, 0.3) is 0 Å². The van der Waals surface area contributed by atoms with E-state index in [1.54, 1.807) is 6.08 Å². The lowest BCUT2D eigenvalue weighted by molar-refractivity contribution is -0.131. The topological polar surface area (TPSA) is 101 Å². The Labute approximate surface area is 167 Å². The number of hydrogen-bond acceptors (Lipinski definition) is 4. The highest BCUT2D eigenvalue weighted by Gasteiger charge is 2.46. The van der Waals surface area contributed by atoms with E-state index in [1.165, 1.54) is 17.2 Å². The number of carboxylic acids is 1. The van der Waals surface area contributed by atoms with Crippen LogP contribution in [0.25, 0.3) is 0 Å². The van der Waals surface area contributed by atoms with Gasteiger partial charge in [0.1, 0.15) is 0 Å². The second kappa shape index (κ2) is 9.20. The Morgan fingerprint density at radius 3 is 2.54 bits per heavy atom. The van der Waals surface area contributed by atoms with Crippen LogP contribution < -0.4 is 0 Å². The molecule has 6 atom stereocenters. The molecule has 156 valence electrons. The minimum Gasteiger partial charge on any atom is -0.478 e. The van der Waals surface area contributed by atoms with Gasteiger partial charge in [0, 0.05) is 12.0 Å². The van der Waals surface area contributed by atoms with E-state index in [0.29, 0.717) is 6.42 Å². The molecule has 1 saturated carbocycles. The van der Waals surface area contributed by atoms with E-state index in [2.05, 4.69) is 26.0 Å². The molecular formula is C21H30O6S. The van der Waals surface area contributed by atoms with Crippen molar-refractivity contribution in [3.05, 3.63) is 47.6 Å². The molecule has 0 aromatic heterocycles. The molecule has 0 unspecified atom stereocenters. The van der Waals surface area contributed by atoms with Crippen molar-refractivity contribution in [2.75, 3.05) is 0 Å². The zero-order valence-corrected chi connectivity index (χ0v) is 17.6. The predicted molar refractivity (Wildman–Crippen MR) is 108 cm³/mol. The maximum Gasteiger partial charge on any atom is 0.397 e. The third-order valence-corrected chi connectivity index (χ3v) is 6.63. The SMILES string of the molecule is C/C=C(\C)[C@H]1C(C)=C[C@H]2CC[C@@H](OS(=O)(=O)O)[C@@H](C)[C@H]2[C@H]1/C=C/C=C/C(=O)O. The van der Waals surface area contributed by atoms with Crippen LogP contribution in [0.5, 0.6) is 0 Å². The lowest BCUT2D eigenvalue weighted by Crippen LogP contribution is -2.45. The fourth-order valence-corrected chi connectivity index (χ4v) is 5.54. The van der Waals surface area contributed by atoms with E-state index in [0.717, 1.165) is 12.5 Å². The van der Waals surface area contributed by atoms with Crippen LogP contribution in [0, 0.1) is 29.6 Å². The van der Waals surface area contributed by atoms with Gasteiger partial charge in [0.15, 0.2) is 0 Å². The Balaban J connectivity index is 2.43. The summed E-state index contributed by atoms with van der Waals surface area (Å²) in [5.74, 6) is -0.444. The molecule has 2 N–H and O–H groups in total.